The number of ether oxygens (including phenoxy) is 1. The third-order valence-electron chi connectivity index (χ3n) is 2.91. The highest BCUT2D eigenvalue weighted by molar-refractivity contribution is 5.43. The molecule has 0 spiro atoms. The second-order valence-electron chi connectivity index (χ2n) is 4.07. The summed E-state index contributed by atoms with van der Waals surface area (Å²) in [5.74, 6) is 0. The molecule has 0 amide bonds. The standard InChI is InChI=1S/C11H14N2O5/c1-2-6-4-13(11(17)12-10(6)16)9-3-7(15)8(5-14)18-9/h2,4,7-9,14-15H,1,3,5H2,(H,12,16,17)/t7-,8+,9+/m0/s1. The van der Waals surface area contributed by atoms with Gasteiger partial charge in [0.2, 0.25) is 0 Å². The average molecular weight is 254 g/mol. The molecule has 1 saturated heterocycles. The van der Waals surface area contributed by atoms with Gasteiger partial charge < -0.3 is 14.9 Å². The maximum Gasteiger partial charge on any atom is 0.330 e. The number of nitrogens with zero attached hydrogens (tertiary/aromatic N) is 1. The number of aliphatic hydroxyl groups is 2. The molecule has 7 nitrogen and oxygen atoms in total. The zero-order valence-electron chi connectivity index (χ0n) is 9.57. The highest BCUT2D eigenvalue weighted by atomic mass is 16.5. The predicted molar refractivity (Wildman–Crippen MR) is 63.0 cm³/mol. The van der Waals surface area contributed by atoms with E-state index in [1.54, 1.807) is 0 Å². The van der Waals surface area contributed by atoms with Crippen LogP contribution in [0.4, 0.5) is 0 Å². The first-order chi connectivity index (χ1) is 8.56. The number of aliphatic hydroxyl groups excluding tert-OH is 2. The van der Waals surface area contributed by atoms with Crippen molar-refractivity contribution >= 4 is 6.08 Å². The fourth-order valence-corrected chi connectivity index (χ4v) is 1.91. The summed E-state index contributed by atoms with van der Waals surface area (Å²) in [6.45, 7) is 3.14. The van der Waals surface area contributed by atoms with Gasteiger partial charge in [-0.3, -0.25) is 14.3 Å². The molecule has 0 radical (unpaired) electrons. The van der Waals surface area contributed by atoms with Gasteiger partial charge in [-0.25, -0.2) is 4.79 Å². The molecular weight excluding hydrogens is 240 g/mol. The van der Waals surface area contributed by atoms with Gasteiger partial charge in [0.15, 0.2) is 0 Å². The molecule has 18 heavy (non-hydrogen) atoms. The van der Waals surface area contributed by atoms with E-state index < -0.39 is 29.7 Å². The van der Waals surface area contributed by atoms with Crippen molar-refractivity contribution in [3.05, 3.63) is 39.2 Å². The Morgan fingerprint density at radius 3 is 2.89 bits per heavy atom. The first-order valence-electron chi connectivity index (χ1n) is 5.49. The molecule has 2 heterocycles. The van der Waals surface area contributed by atoms with Crippen LogP contribution in [0.5, 0.6) is 0 Å². The SMILES string of the molecule is C=Cc1cn([C@H]2C[C@H](O)[C@@H](CO)O2)c(=O)[nH]c1=O. The minimum atomic E-state index is -0.842. The van der Waals surface area contributed by atoms with Crippen molar-refractivity contribution in [3.8, 4) is 0 Å². The van der Waals surface area contributed by atoms with Crippen LogP contribution in [0.1, 0.15) is 18.2 Å². The summed E-state index contributed by atoms with van der Waals surface area (Å²) < 4.78 is 6.51. The Bertz CT molecular complexity index is 561. The quantitative estimate of drug-likeness (QED) is 0.630. The number of aromatic amines is 1. The van der Waals surface area contributed by atoms with Crippen molar-refractivity contribution in [1.29, 1.82) is 0 Å². The fraction of sp³-hybridized carbons (Fsp3) is 0.455. The minimum Gasteiger partial charge on any atom is -0.394 e. The number of rotatable bonds is 3. The Balaban J connectivity index is 2.38. The molecular formula is C11H14N2O5. The number of nitrogens with one attached hydrogen (secondary N) is 1. The van der Waals surface area contributed by atoms with Gasteiger partial charge in [-0.2, -0.15) is 0 Å². The van der Waals surface area contributed by atoms with Crippen molar-refractivity contribution in [1.82, 2.24) is 9.55 Å². The molecule has 7 heteroatoms. The lowest BCUT2D eigenvalue weighted by Crippen LogP contribution is -2.33. The van der Waals surface area contributed by atoms with Crippen molar-refractivity contribution in [2.24, 2.45) is 0 Å². The lowest BCUT2D eigenvalue weighted by atomic mass is 10.2. The molecule has 1 aliphatic rings. The van der Waals surface area contributed by atoms with E-state index in [1.807, 2.05) is 0 Å². The lowest BCUT2D eigenvalue weighted by molar-refractivity contribution is -0.0459. The van der Waals surface area contributed by atoms with Crippen LogP contribution < -0.4 is 11.2 Å². The van der Waals surface area contributed by atoms with E-state index in [-0.39, 0.29) is 18.6 Å². The van der Waals surface area contributed by atoms with Crippen LogP contribution >= 0.6 is 0 Å². The third kappa shape index (κ3) is 2.15. The van der Waals surface area contributed by atoms with Crippen LogP contribution in [-0.4, -0.2) is 38.6 Å². The van der Waals surface area contributed by atoms with Crippen molar-refractivity contribution in [3.63, 3.8) is 0 Å². The molecule has 0 unspecified atom stereocenters. The van der Waals surface area contributed by atoms with Crippen LogP contribution in [0.2, 0.25) is 0 Å². The van der Waals surface area contributed by atoms with E-state index in [0.717, 1.165) is 0 Å². The number of H-pyrrole nitrogens is 1. The Morgan fingerprint density at radius 1 is 1.61 bits per heavy atom. The molecule has 0 aromatic carbocycles. The van der Waals surface area contributed by atoms with Gasteiger partial charge >= 0.3 is 5.69 Å². The lowest BCUT2D eigenvalue weighted by Gasteiger charge is -2.14. The predicted octanol–water partition coefficient (Wildman–Crippen LogP) is -1.18. The molecule has 0 aliphatic carbocycles. The van der Waals surface area contributed by atoms with Crippen molar-refractivity contribution in [2.45, 2.75) is 24.9 Å². The maximum absolute atomic E-state index is 11.6. The van der Waals surface area contributed by atoms with Gasteiger partial charge in [0, 0.05) is 12.6 Å². The molecule has 1 aromatic rings. The molecule has 1 fully saturated rings. The third-order valence-corrected chi connectivity index (χ3v) is 2.91. The summed E-state index contributed by atoms with van der Waals surface area (Å²) in [5.41, 5.74) is -0.912. The van der Waals surface area contributed by atoms with E-state index in [9.17, 15) is 14.7 Å². The maximum atomic E-state index is 11.6. The molecule has 2 rings (SSSR count). The van der Waals surface area contributed by atoms with E-state index in [1.165, 1.54) is 16.8 Å². The summed E-state index contributed by atoms with van der Waals surface area (Å²) >= 11 is 0. The number of aromatic nitrogens is 2. The normalized spacial score (nSPS) is 27.3. The molecule has 0 bridgehead atoms. The topological polar surface area (TPSA) is 105 Å². The molecule has 3 N–H and O–H groups in total. The first-order valence-corrected chi connectivity index (χ1v) is 5.49. The van der Waals surface area contributed by atoms with Gasteiger partial charge in [-0.15, -0.1) is 0 Å². The van der Waals surface area contributed by atoms with Crippen molar-refractivity contribution in [2.75, 3.05) is 6.61 Å². The Labute approximate surface area is 102 Å². The van der Waals surface area contributed by atoms with Crippen LogP contribution in [0.3, 0.4) is 0 Å². The highest BCUT2D eigenvalue weighted by Crippen LogP contribution is 2.27. The Morgan fingerprint density at radius 2 is 2.33 bits per heavy atom. The number of hydrogen-bond acceptors (Lipinski definition) is 5. The van der Waals surface area contributed by atoms with Gasteiger partial charge in [0.25, 0.3) is 5.56 Å². The zero-order valence-corrected chi connectivity index (χ0v) is 9.57. The second kappa shape index (κ2) is 4.89. The van der Waals surface area contributed by atoms with Crippen LogP contribution in [-0.2, 0) is 4.74 Å². The van der Waals surface area contributed by atoms with Gasteiger partial charge in [-0.1, -0.05) is 12.7 Å². The van der Waals surface area contributed by atoms with Crippen LogP contribution in [0, 0.1) is 0 Å². The van der Waals surface area contributed by atoms with E-state index in [2.05, 4.69) is 11.6 Å². The molecule has 3 atom stereocenters. The zero-order chi connectivity index (χ0) is 13.3. The molecule has 1 aliphatic heterocycles. The Hall–Kier alpha value is -1.70. The van der Waals surface area contributed by atoms with Gasteiger partial charge in [0.1, 0.15) is 12.3 Å². The van der Waals surface area contributed by atoms with E-state index in [4.69, 9.17) is 9.84 Å². The summed E-state index contributed by atoms with van der Waals surface area (Å²) in [7, 11) is 0. The Kier molecular flexibility index (Phi) is 3.46. The van der Waals surface area contributed by atoms with Gasteiger partial charge in [0.05, 0.1) is 18.3 Å². The summed E-state index contributed by atoms with van der Waals surface area (Å²) in [5, 5.41) is 18.6. The second-order valence-corrected chi connectivity index (χ2v) is 4.07. The summed E-state index contributed by atoms with van der Waals surface area (Å²) in [6.07, 6.45) is 0.551. The van der Waals surface area contributed by atoms with Crippen LogP contribution in [0.25, 0.3) is 6.08 Å². The smallest absolute Gasteiger partial charge is 0.330 e. The number of hydrogen-bond donors (Lipinski definition) is 3. The fourth-order valence-electron chi connectivity index (χ4n) is 1.91. The summed E-state index contributed by atoms with van der Waals surface area (Å²) in [4.78, 5) is 25.1. The molecule has 98 valence electrons. The molecule has 1 aromatic heterocycles. The van der Waals surface area contributed by atoms with E-state index >= 15 is 0 Å². The van der Waals surface area contributed by atoms with Crippen LogP contribution in [0.15, 0.2) is 22.4 Å². The van der Waals surface area contributed by atoms with E-state index in [0.29, 0.717) is 0 Å². The monoisotopic (exact) mass is 254 g/mol. The highest BCUT2D eigenvalue weighted by Gasteiger charge is 2.34. The molecule has 0 saturated carbocycles. The average Bonchev–Trinajstić information content (AvgIpc) is 2.70. The van der Waals surface area contributed by atoms with Gasteiger partial charge in [-0.05, 0) is 0 Å². The first kappa shape index (κ1) is 12.7. The largest absolute Gasteiger partial charge is 0.394 e. The van der Waals surface area contributed by atoms with Crippen molar-refractivity contribution < 1.29 is 14.9 Å². The summed E-state index contributed by atoms with van der Waals surface area (Å²) in [6, 6.07) is 0. The minimum absolute atomic E-state index is 0.174.